The van der Waals surface area contributed by atoms with E-state index in [2.05, 4.69) is 26.7 Å². The van der Waals surface area contributed by atoms with Gasteiger partial charge in [-0.15, -0.1) is 0 Å². The average molecular weight is 653 g/mol. The van der Waals surface area contributed by atoms with Crippen molar-refractivity contribution < 1.29 is 49.6 Å². The molecule has 15 heteroatoms. The number of carbonyl (C=O) groups is 2. The smallest absolute Gasteiger partial charge is 0.490 e. The zero-order valence-electron chi connectivity index (χ0n) is 21.3. The highest BCUT2D eigenvalue weighted by Crippen LogP contribution is 2.43. The monoisotopic (exact) mass is 652 g/mol. The molecule has 0 spiro atoms. The van der Waals surface area contributed by atoms with Crippen LogP contribution in [0.4, 0.5) is 23.7 Å². The lowest BCUT2D eigenvalue weighted by Crippen LogP contribution is -2.41. The van der Waals surface area contributed by atoms with Crippen molar-refractivity contribution in [3.8, 4) is 11.5 Å². The van der Waals surface area contributed by atoms with E-state index in [1.807, 2.05) is 0 Å². The molecule has 220 valence electrons. The molecule has 40 heavy (non-hydrogen) atoms. The number of fused-ring (bicyclic) bond motifs is 2. The Kier molecular flexibility index (Phi) is 9.22. The minimum absolute atomic E-state index is 0.00322. The van der Waals surface area contributed by atoms with E-state index in [1.54, 1.807) is 0 Å². The highest BCUT2D eigenvalue weighted by molar-refractivity contribution is 9.09. The number of rotatable bonds is 12. The normalized spacial score (nSPS) is 18.9. The standard InChI is InChI=1S/C25H28BrF3N2O8S/c1-2-9-37-24(33)31-14-16-11-18(39-40(34,35)25(27,28)29)15-30(16)23(32)19-12-22(38-17-6-7-17)21(13-20(19)31)36-10-5-3-4-8-26/h2,12-13,15-17H,1,3-11,14H2/t16-/m0/s1. The van der Waals surface area contributed by atoms with Crippen molar-refractivity contribution in [3.05, 3.63) is 42.3 Å². The van der Waals surface area contributed by atoms with Crippen molar-refractivity contribution in [1.82, 2.24) is 4.90 Å². The fraction of sp³-hybridized carbons (Fsp3) is 0.520. The molecule has 1 aliphatic carbocycles. The van der Waals surface area contributed by atoms with Crippen molar-refractivity contribution in [3.63, 3.8) is 0 Å². The van der Waals surface area contributed by atoms with E-state index in [4.69, 9.17) is 14.2 Å². The molecule has 4 rings (SSSR count). The molecule has 2 heterocycles. The first-order valence-corrected chi connectivity index (χ1v) is 15.1. The number of hydrogen-bond donors (Lipinski definition) is 0. The summed E-state index contributed by atoms with van der Waals surface area (Å²) in [7, 11) is -5.95. The third-order valence-corrected chi connectivity index (χ3v) is 7.78. The van der Waals surface area contributed by atoms with E-state index in [9.17, 15) is 31.2 Å². The van der Waals surface area contributed by atoms with E-state index in [1.165, 1.54) is 18.2 Å². The van der Waals surface area contributed by atoms with Crippen LogP contribution in [-0.4, -0.2) is 68.1 Å². The molecule has 0 aromatic heterocycles. The molecule has 0 N–H and O–H groups in total. The van der Waals surface area contributed by atoms with Gasteiger partial charge < -0.3 is 23.3 Å². The van der Waals surface area contributed by atoms with Crippen LogP contribution in [0.15, 0.2) is 36.7 Å². The Morgan fingerprint density at radius 3 is 2.58 bits per heavy atom. The lowest BCUT2D eigenvalue weighted by molar-refractivity contribution is -0.0523. The summed E-state index contributed by atoms with van der Waals surface area (Å²) in [6.07, 6.45) is 5.27. The number of nitrogens with zero attached hydrogens (tertiary/aromatic N) is 2. The van der Waals surface area contributed by atoms with Gasteiger partial charge in [0, 0.05) is 24.0 Å². The minimum atomic E-state index is -5.95. The summed E-state index contributed by atoms with van der Waals surface area (Å²) in [4.78, 5) is 29.0. The second-order valence-corrected chi connectivity index (χ2v) is 11.7. The quantitative estimate of drug-likeness (QED) is 0.0991. The fourth-order valence-electron chi connectivity index (χ4n) is 4.16. The van der Waals surface area contributed by atoms with E-state index >= 15 is 0 Å². The molecule has 10 nitrogen and oxygen atoms in total. The van der Waals surface area contributed by atoms with Gasteiger partial charge in [0.05, 0.1) is 36.5 Å². The molecule has 0 saturated heterocycles. The molecule has 0 unspecified atom stereocenters. The molecule has 1 saturated carbocycles. The molecule has 1 atom stereocenters. The molecule has 1 aromatic rings. The number of ether oxygens (including phenoxy) is 3. The molecule has 3 aliphatic rings. The van der Waals surface area contributed by atoms with E-state index in [0.29, 0.717) is 12.4 Å². The highest BCUT2D eigenvalue weighted by Gasteiger charge is 2.50. The van der Waals surface area contributed by atoms with Crippen LogP contribution in [0.5, 0.6) is 11.5 Å². The molecule has 1 aromatic carbocycles. The van der Waals surface area contributed by atoms with Crippen LogP contribution in [0, 0.1) is 0 Å². The van der Waals surface area contributed by atoms with Gasteiger partial charge >= 0.3 is 21.7 Å². The molecular weight excluding hydrogens is 625 g/mol. The molecule has 1 fully saturated rings. The van der Waals surface area contributed by atoms with Crippen LogP contribution in [0.3, 0.4) is 0 Å². The van der Waals surface area contributed by atoms with Crippen molar-refractivity contribution in [2.45, 2.75) is 56.2 Å². The second kappa shape index (κ2) is 12.3. The average Bonchev–Trinajstić information content (AvgIpc) is 3.64. The van der Waals surface area contributed by atoms with Crippen LogP contribution < -0.4 is 14.4 Å². The summed E-state index contributed by atoms with van der Waals surface area (Å²) in [6.45, 7) is 3.52. The molecule has 0 bridgehead atoms. The maximum Gasteiger partial charge on any atom is 0.534 e. The summed E-state index contributed by atoms with van der Waals surface area (Å²) in [5.74, 6) is -0.660. The first kappa shape index (κ1) is 30.0. The third-order valence-electron chi connectivity index (χ3n) is 6.22. The predicted octanol–water partition coefficient (Wildman–Crippen LogP) is 5.24. The van der Waals surface area contributed by atoms with Gasteiger partial charge in [0.1, 0.15) is 12.4 Å². The molecule has 0 radical (unpaired) electrons. The minimum Gasteiger partial charge on any atom is -0.490 e. The van der Waals surface area contributed by atoms with Gasteiger partial charge in [0.2, 0.25) is 0 Å². The number of unbranched alkanes of at least 4 members (excludes halogenated alkanes) is 2. The Hall–Kier alpha value is -2.94. The lowest BCUT2D eigenvalue weighted by atomic mass is 10.1. The van der Waals surface area contributed by atoms with Gasteiger partial charge in [0.25, 0.3) is 5.91 Å². The predicted molar refractivity (Wildman–Crippen MR) is 141 cm³/mol. The van der Waals surface area contributed by atoms with Gasteiger partial charge in [-0.25, -0.2) is 4.79 Å². The Labute approximate surface area is 237 Å². The van der Waals surface area contributed by atoms with E-state index in [-0.39, 0.29) is 42.7 Å². The third kappa shape index (κ3) is 6.85. The number of carbonyl (C=O) groups excluding carboxylic acids is 2. The molecular formula is C25H28BrF3N2O8S. The number of anilines is 1. The largest absolute Gasteiger partial charge is 0.534 e. The number of hydrogen-bond acceptors (Lipinski definition) is 8. The van der Waals surface area contributed by atoms with Gasteiger partial charge in [-0.3, -0.25) is 9.69 Å². The second-order valence-electron chi connectivity index (χ2n) is 9.36. The maximum atomic E-state index is 13.7. The van der Waals surface area contributed by atoms with Crippen LogP contribution >= 0.6 is 15.9 Å². The first-order valence-electron chi connectivity index (χ1n) is 12.6. The molecule has 2 aliphatic heterocycles. The van der Waals surface area contributed by atoms with Gasteiger partial charge in [-0.05, 0) is 38.2 Å². The van der Waals surface area contributed by atoms with Crippen molar-refractivity contribution in [2.75, 3.05) is 30.0 Å². The summed E-state index contributed by atoms with van der Waals surface area (Å²) in [5.41, 5.74) is -5.49. The van der Waals surface area contributed by atoms with Crippen LogP contribution in [0.2, 0.25) is 0 Å². The number of amides is 2. The van der Waals surface area contributed by atoms with Crippen LogP contribution in [0.25, 0.3) is 0 Å². The summed E-state index contributed by atoms with van der Waals surface area (Å²) in [6, 6.07) is 2.01. The summed E-state index contributed by atoms with van der Waals surface area (Å²) in [5, 5.41) is 0.868. The lowest BCUT2D eigenvalue weighted by Gasteiger charge is -2.25. The van der Waals surface area contributed by atoms with Crippen molar-refractivity contribution >= 4 is 43.7 Å². The first-order chi connectivity index (χ1) is 18.9. The van der Waals surface area contributed by atoms with E-state index < -0.39 is 39.4 Å². The highest BCUT2D eigenvalue weighted by atomic mass is 79.9. The topological polar surface area (TPSA) is 112 Å². The molecule has 2 amide bonds. The Balaban J connectivity index is 1.70. The number of halogens is 4. The fourth-order valence-corrected chi connectivity index (χ4v) is 5.05. The van der Waals surface area contributed by atoms with Crippen LogP contribution in [-0.2, 0) is 19.0 Å². The maximum absolute atomic E-state index is 13.7. The Bertz CT molecular complexity index is 1280. The van der Waals surface area contributed by atoms with Crippen LogP contribution in [0.1, 0.15) is 48.9 Å². The van der Waals surface area contributed by atoms with Gasteiger partial charge in [-0.2, -0.15) is 21.6 Å². The zero-order chi connectivity index (χ0) is 29.1. The summed E-state index contributed by atoms with van der Waals surface area (Å²) < 4.78 is 83.3. The number of benzene rings is 1. The Morgan fingerprint density at radius 2 is 1.93 bits per heavy atom. The SMILES string of the molecule is C=CCOC(=O)N1C[C@@H]2CC(OS(=O)(=O)C(F)(F)F)=CN2C(=O)c2cc(OC3CC3)c(OCCCCCBr)cc21. The summed E-state index contributed by atoms with van der Waals surface area (Å²) >= 11 is 3.39. The van der Waals surface area contributed by atoms with Gasteiger partial charge in [0.15, 0.2) is 11.5 Å². The van der Waals surface area contributed by atoms with Crippen molar-refractivity contribution in [2.24, 2.45) is 0 Å². The van der Waals surface area contributed by atoms with Gasteiger partial charge in [-0.1, -0.05) is 28.6 Å². The van der Waals surface area contributed by atoms with Crippen molar-refractivity contribution in [1.29, 1.82) is 0 Å². The van der Waals surface area contributed by atoms with E-state index in [0.717, 1.165) is 53.4 Å². The zero-order valence-corrected chi connectivity index (χ0v) is 23.7. The number of alkyl halides is 4. The Morgan fingerprint density at radius 1 is 1.18 bits per heavy atom.